The number of nitrogens with zero attached hydrogens (tertiary/aromatic N) is 3. The second-order valence-electron chi connectivity index (χ2n) is 7.51. The van der Waals surface area contributed by atoms with Gasteiger partial charge in [0.05, 0.1) is 17.4 Å². The smallest absolute Gasteiger partial charge is 0.289 e. The van der Waals surface area contributed by atoms with Gasteiger partial charge in [-0.05, 0) is 59.9 Å². The van der Waals surface area contributed by atoms with E-state index in [1.54, 1.807) is 30.6 Å². The van der Waals surface area contributed by atoms with Crippen LogP contribution in [0, 0.1) is 17.1 Å². The van der Waals surface area contributed by atoms with Gasteiger partial charge in [-0.3, -0.25) is 19.5 Å². The van der Waals surface area contributed by atoms with Crippen LogP contribution in [0.5, 0.6) is 5.75 Å². The molecule has 2 heterocycles. The molecule has 166 valence electrons. The Morgan fingerprint density at radius 2 is 1.94 bits per heavy atom. The predicted octanol–water partition coefficient (Wildman–Crippen LogP) is 4.83. The molecule has 0 bridgehead atoms. The lowest BCUT2D eigenvalue weighted by Crippen LogP contribution is -2.43. The Hall–Kier alpha value is -3.70. The van der Waals surface area contributed by atoms with Crippen molar-refractivity contribution in [2.45, 2.75) is 18.9 Å². The topological polar surface area (TPSA) is 83.3 Å². The van der Waals surface area contributed by atoms with Crippen LogP contribution in [0.3, 0.4) is 0 Å². The molecule has 0 spiro atoms. The van der Waals surface area contributed by atoms with Gasteiger partial charge in [0.2, 0.25) is 5.91 Å². The molecule has 1 aliphatic heterocycles. The summed E-state index contributed by atoms with van der Waals surface area (Å²) in [4.78, 5) is 30.0. The first kappa shape index (κ1) is 22.5. The maximum Gasteiger partial charge on any atom is 0.289 e. The van der Waals surface area contributed by atoms with Gasteiger partial charge >= 0.3 is 0 Å². The summed E-state index contributed by atoms with van der Waals surface area (Å²) in [6.07, 6.45) is 4.69. The van der Waals surface area contributed by atoms with Crippen LogP contribution in [0.1, 0.15) is 17.5 Å². The van der Waals surface area contributed by atoms with Crippen LogP contribution in [-0.2, 0) is 11.2 Å². The van der Waals surface area contributed by atoms with Crippen molar-refractivity contribution >= 4 is 22.9 Å². The summed E-state index contributed by atoms with van der Waals surface area (Å²) in [5, 5.41) is 8.78. The second kappa shape index (κ2) is 10.3. The van der Waals surface area contributed by atoms with Gasteiger partial charge in [-0.2, -0.15) is 5.26 Å². The summed E-state index contributed by atoms with van der Waals surface area (Å²) in [5.41, 5.74) is 2.55. The molecule has 1 aliphatic rings. The van der Waals surface area contributed by atoms with Gasteiger partial charge in [0, 0.05) is 12.4 Å². The highest BCUT2D eigenvalue weighted by Crippen LogP contribution is 2.27. The number of nitriles is 1. The maximum absolute atomic E-state index is 13.6. The molecule has 0 unspecified atom stereocenters. The summed E-state index contributed by atoms with van der Waals surface area (Å²) in [5.74, 6) is -0.0221. The van der Waals surface area contributed by atoms with E-state index in [1.165, 1.54) is 17.0 Å². The number of halogens is 1. The number of carbonyl (C=O) groups is 2. The molecule has 1 saturated heterocycles. The van der Waals surface area contributed by atoms with Gasteiger partial charge in [0.25, 0.3) is 5.24 Å². The molecule has 4 rings (SSSR count). The monoisotopic (exact) mass is 461 g/mol. The first-order chi connectivity index (χ1) is 16.0. The van der Waals surface area contributed by atoms with E-state index < -0.39 is 11.9 Å². The number of aromatic nitrogens is 1. The quantitative estimate of drug-likeness (QED) is 0.478. The van der Waals surface area contributed by atoms with E-state index in [2.05, 4.69) is 4.98 Å². The summed E-state index contributed by atoms with van der Waals surface area (Å²) < 4.78 is 19.5. The third kappa shape index (κ3) is 5.38. The Kier molecular flexibility index (Phi) is 7.01. The molecule has 0 N–H and O–H groups in total. The summed E-state index contributed by atoms with van der Waals surface area (Å²) >= 11 is 1.01. The van der Waals surface area contributed by atoms with Gasteiger partial charge in [-0.15, -0.1) is 0 Å². The molecule has 6 nitrogen and oxygen atoms in total. The molecule has 1 aromatic heterocycles. The van der Waals surface area contributed by atoms with E-state index in [4.69, 9.17) is 10.00 Å². The number of rotatable bonds is 8. The molecule has 1 atom stereocenters. The van der Waals surface area contributed by atoms with Crippen molar-refractivity contribution in [2.24, 2.45) is 0 Å². The molecule has 0 saturated carbocycles. The number of ether oxygens (including phenoxy) is 1. The molecule has 2 aromatic carbocycles. The highest BCUT2D eigenvalue weighted by molar-refractivity contribution is 8.14. The van der Waals surface area contributed by atoms with Crippen molar-refractivity contribution < 1.29 is 18.7 Å². The fraction of sp³-hybridized carbons (Fsp3) is 0.200. The standard InChI is InChI=1S/C25H20FN3O3S/c26-23-10-6-19(12-20(23)13-27)18-4-8-22(9-5-18)32-15-21(29-24(30)16-33-25(29)31)7-3-17-2-1-11-28-14-17/h1-2,4-6,8-12,14,21H,3,7,15-16H2/t21-/m0/s1. The van der Waals surface area contributed by atoms with E-state index in [1.807, 2.05) is 30.3 Å². The largest absolute Gasteiger partial charge is 0.491 e. The van der Waals surface area contributed by atoms with Crippen LogP contribution in [0.4, 0.5) is 9.18 Å². The van der Waals surface area contributed by atoms with Gasteiger partial charge < -0.3 is 4.74 Å². The molecule has 1 fully saturated rings. The highest BCUT2D eigenvalue weighted by atomic mass is 32.2. The van der Waals surface area contributed by atoms with Crippen LogP contribution in [0.2, 0.25) is 0 Å². The average Bonchev–Trinajstić information content (AvgIpc) is 3.18. The number of hydrogen-bond acceptors (Lipinski definition) is 6. The zero-order valence-electron chi connectivity index (χ0n) is 17.6. The Labute approximate surface area is 195 Å². The Morgan fingerprint density at radius 1 is 1.15 bits per heavy atom. The number of amides is 2. The third-order valence-corrected chi connectivity index (χ3v) is 6.19. The molecule has 0 aliphatic carbocycles. The lowest BCUT2D eigenvalue weighted by atomic mass is 10.0. The van der Waals surface area contributed by atoms with Crippen molar-refractivity contribution in [1.82, 2.24) is 9.88 Å². The lowest BCUT2D eigenvalue weighted by molar-refractivity contribution is -0.126. The minimum Gasteiger partial charge on any atom is -0.491 e. The zero-order valence-corrected chi connectivity index (χ0v) is 18.4. The number of carbonyl (C=O) groups excluding carboxylic acids is 2. The van der Waals surface area contributed by atoms with Gasteiger partial charge in [-0.1, -0.05) is 36.0 Å². The fourth-order valence-electron chi connectivity index (χ4n) is 3.61. The minimum absolute atomic E-state index is 0.0119. The van der Waals surface area contributed by atoms with Crippen LogP contribution >= 0.6 is 11.8 Å². The van der Waals surface area contributed by atoms with Crippen molar-refractivity contribution in [3.63, 3.8) is 0 Å². The van der Waals surface area contributed by atoms with Gasteiger partial charge in [0.1, 0.15) is 24.2 Å². The van der Waals surface area contributed by atoms with E-state index in [0.717, 1.165) is 28.5 Å². The summed E-state index contributed by atoms with van der Waals surface area (Å²) in [7, 11) is 0. The van der Waals surface area contributed by atoms with Crippen LogP contribution < -0.4 is 4.74 Å². The van der Waals surface area contributed by atoms with Crippen molar-refractivity contribution in [1.29, 1.82) is 5.26 Å². The van der Waals surface area contributed by atoms with Crippen LogP contribution in [0.15, 0.2) is 67.0 Å². The minimum atomic E-state index is -0.553. The second-order valence-corrected chi connectivity index (χ2v) is 8.44. The third-order valence-electron chi connectivity index (χ3n) is 5.36. The molecule has 2 amide bonds. The maximum atomic E-state index is 13.6. The van der Waals surface area contributed by atoms with Crippen LogP contribution in [-0.4, -0.2) is 39.4 Å². The number of benzene rings is 2. The number of aryl methyl sites for hydroxylation is 1. The van der Waals surface area contributed by atoms with E-state index in [-0.39, 0.29) is 29.1 Å². The Morgan fingerprint density at radius 3 is 2.61 bits per heavy atom. The molecule has 3 aromatic rings. The van der Waals surface area contributed by atoms with Gasteiger partial charge in [0.15, 0.2) is 0 Å². The summed E-state index contributed by atoms with van der Waals surface area (Å²) in [6, 6.07) is 16.8. The number of pyridine rings is 1. The molecule has 33 heavy (non-hydrogen) atoms. The van der Waals surface area contributed by atoms with E-state index >= 15 is 0 Å². The number of thioether (sulfide) groups is 1. The van der Waals surface area contributed by atoms with E-state index in [0.29, 0.717) is 18.6 Å². The molecular weight excluding hydrogens is 441 g/mol. The first-order valence-electron chi connectivity index (χ1n) is 10.4. The normalized spacial score (nSPS) is 14.2. The number of imide groups is 1. The number of hydrogen-bond donors (Lipinski definition) is 0. The van der Waals surface area contributed by atoms with Crippen molar-refractivity contribution in [3.8, 4) is 22.9 Å². The first-order valence-corrected chi connectivity index (χ1v) is 11.3. The molecule has 8 heteroatoms. The van der Waals surface area contributed by atoms with E-state index in [9.17, 15) is 14.0 Å². The van der Waals surface area contributed by atoms with Crippen LogP contribution in [0.25, 0.3) is 11.1 Å². The van der Waals surface area contributed by atoms with Crippen molar-refractivity contribution in [3.05, 3.63) is 83.9 Å². The molecular formula is C25H20FN3O3S. The molecule has 0 radical (unpaired) electrons. The summed E-state index contributed by atoms with van der Waals surface area (Å²) in [6.45, 7) is 0.173. The Balaban J connectivity index is 1.45. The van der Waals surface area contributed by atoms with Gasteiger partial charge in [-0.25, -0.2) is 4.39 Å². The fourth-order valence-corrected chi connectivity index (χ4v) is 4.39. The SMILES string of the molecule is N#Cc1cc(-c2ccc(OC[C@H](CCc3cccnc3)N3C(=O)CSC3=O)cc2)ccc1F. The zero-order chi connectivity index (χ0) is 23.2. The lowest BCUT2D eigenvalue weighted by Gasteiger charge is -2.25. The van der Waals surface area contributed by atoms with Crippen molar-refractivity contribution in [2.75, 3.05) is 12.4 Å². The average molecular weight is 462 g/mol. The predicted molar refractivity (Wildman–Crippen MR) is 123 cm³/mol. The highest BCUT2D eigenvalue weighted by Gasteiger charge is 2.36. The Bertz CT molecular complexity index is 1180.